The van der Waals surface area contributed by atoms with Crippen molar-refractivity contribution < 1.29 is 9.53 Å². The average Bonchev–Trinajstić information content (AvgIpc) is 3.33. The van der Waals surface area contributed by atoms with Crippen LogP contribution in [0.4, 0.5) is 0 Å². The molecule has 3 heterocycles. The topological polar surface area (TPSA) is 60.2 Å². The van der Waals surface area contributed by atoms with Gasteiger partial charge in [0.25, 0.3) is 5.91 Å². The number of benzene rings is 1. The highest BCUT2D eigenvalue weighted by molar-refractivity contribution is 5.95. The summed E-state index contributed by atoms with van der Waals surface area (Å²) in [5.41, 5.74) is 2.45. The van der Waals surface area contributed by atoms with Gasteiger partial charge in [-0.05, 0) is 37.3 Å². The van der Waals surface area contributed by atoms with E-state index in [-0.39, 0.29) is 12.0 Å². The average molecular weight is 348 g/mol. The van der Waals surface area contributed by atoms with Crippen LogP contribution in [0.3, 0.4) is 0 Å². The number of likely N-dealkylation sites (tertiary alicyclic amines) is 1. The summed E-state index contributed by atoms with van der Waals surface area (Å²) in [6.07, 6.45) is 4.36. The number of ether oxygens (including phenoxy) is 1. The van der Waals surface area contributed by atoms with Crippen LogP contribution >= 0.6 is 0 Å². The third kappa shape index (κ3) is 3.44. The van der Waals surface area contributed by atoms with E-state index >= 15 is 0 Å². The number of rotatable bonds is 4. The summed E-state index contributed by atoms with van der Waals surface area (Å²) in [6, 6.07) is 15.1. The molecule has 6 heteroatoms. The van der Waals surface area contributed by atoms with E-state index in [1.54, 1.807) is 10.9 Å². The second-order valence-corrected chi connectivity index (χ2v) is 6.40. The van der Waals surface area contributed by atoms with Gasteiger partial charge in [0.1, 0.15) is 6.10 Å². The lowest BCUT2D eigenvalue weighted by atomic mass is 10.2. The van der Waals surface area contributed by atoms with Crippen molar-refractivity contribution in [2.24, 2.45) is 0 Å². The normalized spacial score (nSPS) is 16.7. The fraction of sp³-hybridized carbons (Fsp3) is 0.250. The van der Waals surface area contributed by atoms with E-state index in [4.69, 9.17) is 4.74 Å². The Balaban J connectivity index is 1.44. The maximum absolute atomic E-state index is 12.8. The molecule has 1 unspecified atom stereocenters. The van der Waals surface area contributed by atoms with Crippen LogP contribution in [0.1, 0.15) is 22.5 Å². The van der Waals surface area contributed by atoms with E-state index in [2.05, 4.69) is 10.1 Å². The molecule has 0 N–H and O–H groups in total. The summed E-state index contributed by atoms with van der Waals surface area (Å²) in [7, 11) is 0. The molecule has 1 aromatic carbocycles. The molecule has 1 amide bonds. The van der Waals surface area contributed by atoms with Crippen LogP contribution < -0.4 is 4.74 Å². The van der Waals surface area contributed by atoms with Crippen molar-refractivity contribution >= 4 is 5.91 Å². The summed E-state index contributed by atoms with van der Waals surface area (Å²) >= 11 is 0. The summed E-state index contributed by atoms with van der Waals surface area (Å²) in [5.74, 6) is 0.632. The molecule has 0 radical (unpaired) electrons. The van der Waals surface area contributed by atoms with E-state index in [0.29, 0.717) is 24.5 Å². The molecule has 0 aliphatic carbocycles. The Kier molecular flexibility index (Phi) is 4.39. The van der Waals surface area contributed by atoms with Gasteiger partial charge < -0.3 is 9.64 Å². The molecule has 132 valence electrons. The van der Waals surface area contributed by atoms with Crippen molar-refractivity contribution in [2.45, 2.75) is 19.4 Å². The highest BCUT2D eigenvalue weighted by atomic mass is 16.5. The van der Waals surface area contributed by atoms with Crippen molar-refractivity contribution in [3.05, 3.63) is 72.2 Å². The molecule has 0 saturated carbocycles. The molecule has 1 fully saturated rings. The van der Waals surface area contributed by atoms with Gasteiger partial charge in [0.15, 0.2) is 0 Å². The van der Waals surface area contributed by atoms with Gasteiger partial charge in [-0.3, -0.25) is 4.79 Å². The second kappa shape index (κ2) is 7.00. The largest absolute Gasteiger partial charge is 0.472 e. The van der Waals surface area contributed by atoms with E-state index in [1.165, 1.54) is 0 Å². The first-order valence-corrected chi connectivity index (χ1v) is 8.69. The number of aromatic nitrogens is 3. The molecule has 1 aliphatic heterocycles. The molecular formula is C20H20N4O2. The van der Waals surface area contributed by atoms with Crippen LogP contribution in [0.25, 0.3) is 5.69 Å². The van der Waals surface area contributed by atoms with Crippen LogP contribution in [0.15, 0.2) is 60.9 Å². The maximum Gasteiger partial charge on any atom is 0.254 e. The Morgan fingerprint density at radius 1 is 1.19 bits per heavy atom. The second-order valence-electron chi connectivity index (χ2n) is 6.40. The molecule has 3 aromatic rings. The Labute approximate surface area is 152 Å². The van der Waals surface area contributed by atoms with Crippen molar-refractivity contribution in [3.8, 4) is 11.6 Å². The number of pyridine rings is 1. The van der Waals surface area contributed by atoms with Gasteiger partial charge in [-0.25, -0.2) is 9.67 Å². The summed E-state index contributed by atoms with van der Waals surface area (Å²) in [5, 5.41) is 4.22. The molecule has 1 atom stereocenters. The van der Waals surface area contributed by atoms with Crippen molar-refractivity contribution in [1.82, 2.24) is 19.7 Å². The van der Waals surface area contributed by atoms with Crippen LogP contribution in [-0.2, 0) is 0 Å². The number of hydrogen-bond acceptors (Lipinski definition) is 4. The molecule has 4 rings (SSSR count). The first kappa shape index (κ1) is 16.3. The first-order valence-electron chi connectivity index (χ1n) is 8.69. The maximum atomic E-state index is 12.8. The smallest absolute Gasteiger partial charge is 0.254 e. The van der Waals surface area contributed by atoms with Crippen LogP contribution in [0.5, 0.6) is 5.88 Å². The predicted molar refractivity (Wildman–Crippen MR) is 97.5 cm³/mol. The fourth-order valence-electron chi connectivity index (χ4n) is 3.15. The highest BCUT2D eigenvalue weighted by Gasteiger charge is 2.28. The Hall–Kier alpha value is -3.15. The first-order chi connectivity index (χ1) is 12.7. The van der Waals surface area contributed by atoms with Gasteiger partial charge in [-0.15, -0.1) is 0 Å². The monoisotopic (exact) mass is 348 g/mol. The number of nitrogens with zero attached hydrogens (tertiary/aromatic N) is 4. The van der Waals surface area contributed by atoms with Crippen LogP contribution in [0.2, 0.25) is 0 Å². The lowest BCUT2D eigenvalue weighted by Crippen LogP contribution is -2.31. The van der Waals surface area contributed by atoms with Gasteiger partial charge in [-0.2, -0.15) is 5.10 Å². The zero-order chi connectivity index (χ0) is 17.9. The molecule has 1 saturated heterocycles. The van der Waals surface area contributed by atoms with Gasteiger partial charge >= 0.3 is 0 Å². The molecule has 2 aromatic heterocycles. The quantitative estimate of drug-likeness (QED) is 0.727. The van der Waals surface area contributed by atoms with E-state index < -0.39 is 0 Å². The van der Waals surface area contributed by atoms with Crippen molar-refractivity contribution in [1.29, 1.82) is 0 Å². The lowest BCUT2D eigenvalue weighted by Gasteiger charge is -2.17. The fourth-order valence-corrected chi connectivity index (χ4v) is 3.15. The third-order valence-corrected chi connectivity index (χ3v) is 4.44. The third-order valence-electron chi connectivity index (χ3n) is 4.44. The number of amides is 1. The minimum Gasteiger partial charge on any atom is -0.472 e. The summed E-state index contributed by atoms with van der Waals surface area (Å²) < 4.78 is 7.68. The van der Waals surface area contributed by atoms with Crippen LogP contribution in [0, 0.1) is 6.92 Å². The summed E-state index contributed by atoms with van der Waals surface area (Å²) in [6.45, 7) is 3.19. The Bertz CT molecular complexity index is 908. The molecule has 6 nitrogen and oxygen atoms in total. The number of carbonyl (C=O) groups excluding carboxylic acids is 1. The van der Waals surface area contributed by atoms with Crippen molar-refractivity contribution in [2.75, 3.05) is 13.1 Å². The van der Waals surface area contributed by atoms with Gasteiger partial charge in [0.05, 0.1) is 12.2 Å². The van der Waals surface area contributed by atoms with E-state index in [0.717, 1.165) is 17.8 Å². The molecule has 0 bridgehead atoms. The minimum atomic E-state index is -0.0254. The van der Waals surface area contributed by atoms with Crippen molar-refractivity contribution in [3.63, 3.8) is 0 Å². The molecule has 26 heavy (non-hydrogen) atoms. The molecule has 1 aliphatic rings. The molecular weight excluding hydrogens is 328 g/mol. The van der Waals surface area contributed by atoms with Crippen LogP contribution in [-0.4, -0.2) is 44.8 Å². The number of aryl methyl sites for hydroxylation is 1. The van der Waals surface area contributed by atoms with Gasteiger partial charge in [0.2, 0.25) is 5.88 Å². The van der Waals surface area contributed by atoms with Gasteiger partial charge in [-0.1, -0.05) is 12.1 Å². The zero-order valence-corrected chi connectivity index (χ0v) is 14.6. The highest BCUT2D eigenvalue weighted by Crippen LogP contribution is 2.20. The number of carbonyl (C=O) groups is 1. The summed E-state index contributed by atoms with van der Waals surface area (Å²) in [4.78, 5) is 19.1. The van der Waals surface area contributed by atoms with E-state index in [1.807, 2.05) is 66.6 Å². The van der Waals surface area contributed by atoms with Gasteiger partial charge in [0, 0.05) is 42.7 Å². The Morgan fingerprint density at radius 2 is 2.08 bits per heavy atom. The zero-order valence-electron chi connectivity index (χ0n) is 14.6. The Morgan fingerprint density at radius 3 is 2.88 bits per heavy atom. The lowest BCUT2D eigenvalue weighted by molar-refractivity contribution is 0.0771. The van der Waals surface area contributed by atoms with E-state index in [9.17, 15) is 4.79 Å². The SMILES string of the molecule is Cc1cccc(OC2CCN(C(=O)c3cccc(-n4cccn4)c3)C2)n1. The number of hydrogen-bond donors (Lipinski definition) is 0. The predicted octanol–water partition coefficient (Wildman–Crippen LogP) is 2.87. The molecule has 0 spiro atoms. The standard InChI is InChI=1S/C20H20N4O2/c1-15-5-2-8-19(22-15)26-18-9-12-23(14-18)20(25)16-6-3-7-17(13-16)24-11-4-10-21-24/h2-8,10-11,13,18H,9,12,14H2,1H3. The minimum absolute atomic E-state index is 0.0160.